The van der Waals surface area contributed by atoms with E-state index in [4.69, 9.17) is 0 Å². The number of hydrogen-bond acceptors (Lipinski definition) is 2. The molecule has 0 radical (unpaired) electrons. The number of rotatable bonds is 5. The molecule has 17 heavy (non-hydrogen) atoms. The van der Waals surface area contributed by atoms with Crippen LogP contribution in [0.5, 0.6) is 0 Å². The molecule has 90 valence electrons. The summed E-state index contributed by atoms with van der Waals surface area (Å²) in [5.41, 5.74) is 1.40. The number of nitrogens with one attached hydrogen (secondary N) is 1. The Labute approximate surface area is 108 Å². The van der Waals surface area contributed by atoms with Crippen molar-refractivity contribution in [3.63, 3.8) is 0 Å². The summed E-state index contributed by atoms with van der Waals surface area (Å²) in [6.07, 6.45) is 1.09. The molecule has 1 unspecified atom stereocenters. The second-order valence-electron chi connectivity index (χ2n) is 4.36. The molecule has 1 aromatic carbocycles. The fourth-order valence-electron chi connectivity index (χ4n) is 1.86. The number of hydrogen-bond donors (Lipinski definition) is 1. The van der Waals surface area contributed by atoms with Gasteiger partial charge in [0.2, 0.25) is 0 Å². The van der Waals surface area contributed by atoms with Crippen LogP contribution in [-0.4, -0.2) is 6.54 Å². The Bertz CT molecular complexity index is 447. The van der Waals surface area contributed by atoms with E-state index in [1.165, 1.54) is 15.3 Å². The van der Waals surface area contributed by atoms with Gasteiger partial charge in [-0.25, -0.2) is 0 Å². The summed E-state index contributed by atoms with van der Waals surface area (Å²) in [5.74, 6) is 0. The van der Waals surface area contributed by atoms with Gasteiger partial charge in [0.1, 0.15) is 0 Å². The molecule has 0 spiro atoms. The van der Waals surface area contributed by atoms with Crippen molar-refractivity contribution >= 4 is 11.3 Å². The van der Waals surface area contributed by atoms with Gasteiger partial charge < -0.3 is 5.32 Å². The van der Waals surface area contributed by atoms with Crippen LogP contribution < -0.4 is 5.32 Å². The molecule has 2 rings (SSSR count). The minimum Gasteiger partial charge on any atom is -0.309 e. The van der Waals surface area contributed by atoms with Crippen molar-refractivity contribution in [1.82, 2.24) is 5.32 Å². The van der Waals surface area contributed by atoms with Gasteiger partial charge in [0.05, 0.1) is 0 Å². The minimum absolute atomic E-state index is 0.456. The number of benzene rings is 1. The van der Waals surface area contributed by atoms with Crippen molar-refractivity contribution in [1.29, 1.82) is 0 Å². The molecule has 0 bridgehead atoms. The Morgan fingerprint density at radius 2 is 1.88 bits per heavy atom. The second kappa shape index (κ2) is 5.99. The summed E-state index contributed by atoms with van der Waals surface area (Å²) in [6.45, 7) is 5.42. The lowest BCUT2D eigenvalue weighted by molar-refractivity contribution is 0.585. The zero-order valence-corrected chi connectivity index (χ0v) is 11.3. The summed E-state index contributed by atoms with van der Waals surface area (Å²) in [5, 5.41) is 3.57. The molecule has 0 aliphatic carbocycles. The van der Waals surface area contributed by atoms with Crippen LogP contribution in [0.1, 0.15) is 28.3 Å². The molecule has 1 nitrogen and oxygen atoms in total. The van der Waals surface area contributed by atoms with Gasteiger partial charge in [-0.1, -0.05) is 30.3 Å². The predicted octanol–water partition coefficient (Wildman–Crippen LogP) is 3.95. The summed E-state index contributed by atoms with van der Waals surface area (Å²) in [7, 11) is 0. The third-order valence-electron chi connectivity index (χ3n) is 2.89. The van der Waals surface area contributed by atoms with E-state index in [1.54, 1.807) is 0 Å². The minimum atomic E-state index is 0.456. The van der Waals surface area contributed by atoms with Crippen LogP contribution in [-0.2, 0) is 6.42 Å². The highest BCUT2D eigenvalue weighted by molar-refractivity contribution is 7.12. The standard InChI is InChI=1S/C15H19NS/c1-12-8-9-15(17-12)13(2)16-11-10-14-6-4-3-5-7-14/h3-9,13,16H,10-11H2,1-2H3. The molecule has 0 fully saturated rings. The first-order valence-electron chi connectivity index (χ1n) is 6.09. The van der Waals surface area contributed by atoms with Crippen molar-refractivity contribution in [2.45, 2.75) is 26.3 Å². The van der Waals surface area contributed by atoms with Crippen LogP contribution in [0.15, 0.2) is 42.5 Å². The maximum Gasteiger partial charge on any atom is 0.0386 e. The highest BCUT2D eigenvalue weighted by Crippen LogP contribution is 2.22. The van der Waals surface area contributed by atoms with E-state index in [2.05, 4.69) is 61.6 Å². The molecular formula is C15H19NS. The van der Waals surface area contributed by atoms with Crippen LogP contribution in [0.3, 0.4) is 0 Å². The van der Waals surface area contributed by atoms with Crippen LogP contribution in [0.25, 0.3) is 0 Å². The first kappa shape index (κ1) is 12.3. The van der Waals surface area contributed by atoms with E-state index in [9.17, 15) is 0 Å². The SMILES string of the molecule is Cc1ccc(C(C)NCCc2ccccc2)s1. The van der Waals surface area contributed by atoms with Crippen LogP contribution in [0.4, 0.5) is 0 Å². The largest absolute Gasteiger partial charge is 0.309 e. The Morgan fingerprint density at radius 3 is 2.53 bits per heavy atom. The van der Waals surface area contributed by atoms with E-state index in [0.717, 1.165) is 13.0 Å². The average Bonchev–Trinajstić information content (AvgIpc) is 2.77. The molecule has 2 heteroatoms. The molecule has 0 saturated carbocycles. The van der Waals surface area contributed by atoms with E-state index in [-0.39, 0.29) is 0 Å². The smallest absolute Gasteiger partial charge is 0.0386 e. The Morgan fingerprint density at radius 1 is 1.12 bits per heavy atom. The second-order valence-corrected chi connectivity index (χ2v) is 5.68. The average molecular weight is 245 g/mol. The Hall–Kier alpha value is -1.12. The van der Waals surface area contributed by atoms with Gasteiger partial charge >= 0.3 is 0 Å². The molecular weight excluding hydrogens is 226 g/mol. The maximum atomic E-state index is 3.57. The van der Waals surface area contributed by atoms with Gasteiger partial charge in [0, 0.05) is 15.8 Å². The van der Waals surface area contributed by atoms with Crippen molar-refractivity contribution < 1.29 is 0 Å². The normalized spacial score (nSPS) is 12.6. The highest BCUT2D eigenvalue weighted by atomic mass is 32.1. The van der Waals surface area contributed by atoms with Crippen molar-refractivity contribution in [2.24, 2.45) is 0 Å². The van der Waals surface area contributed by atoms with Gasteiger partial charge in [-0.05, 0) is 44.5 Å². The lowest BCUT2D eigenvalue weighted by Gasteiger charge is -2.11. The summed E-state index contributed by atoms with van der Waals surface area (Å²) in [4.78, 5) is 2.81. The summed E-state index contributed by atoms with van der Waals surface area (Å²) in [6, 6.07) is 15.5. The topological polar surface area (TPSA) is 12.0 Å². The molecule has 0 saturated heterocycles. The molecule has 1 N–H and O–H groups in total. The molecule has 0 aliphatic rings. The molecule has 1 atom stereocenters. The van der Waals surface area contributed by atoms with Gasteiger partial charge in [-0.3, -0.25) is 0 Å². The van der Waals surface area contributed by atoms with Gasteiger partial charge in [-0.2, -0.15) is 0 Å². The van der Waals surface area contributed by atoms with Gasteiger partial charge in [0.25, 0.3) is 0 Å². The molecule has 0 amide bonds. The fourth-order valence-corrected chi connectivity index (χ4v) is 2.77. The van der Waals surface area contributed by atoms with Crippen LogP contribution in [0.2, 0.25) is 0 Å². The fraction of sp³-hybridized carbons (Fsp3) is 0.333. The summed E-state index contributed by atoms with van der Waals surface area (Å²) < 4.78 is 0. The third kappa shape index (κ3) is 3.69. The number of aryl methyl sites for hydroxylation is 1. The van der Waals surface area contributed by atoms with Gasteiger partial charge in [0.15, 0.2) is 0 Å². The van der Waals surface area contributed by atoms with Crippen LogP contribution >= 0.6 is 11.3 Å². The highest BCUT2D eigenvalue weighted by Gasteiger charge is 2.06. The Kier molecular flexibility index (Phi) is 4.35. The number of thiophene rings is 1. The first-order valence-corrected chi connectivity index (χ1v) is 6.91. The van der Waals surface area contributed by atoms with Crippen molar-refractivity contribution in [3.05, 3.63) is 57.8 Å². The zero-order chi connectivity index (χ0) is 12.1. The molecule has 1 heterocycles. The molecule has 1 aromatic heterocycles. The van der Waals surface area contributed by atoms with Gasteiger partial charge in [-0.15, -0.1) is 11.3 Å². The van der Waals surface area contributed by atoms with Crippen molar-refractivity contribution in [3.8, 4) is 0 Å². The summed E-state index contributed by atoms with van der Waals surface area (Å²) >= 11 is 1.88. The lowest BCUT2D eigenvalue weighted by Crippen LogP contribution is -2.20. The van der Waals surface area contributed by atoms with E-state index in [0.29, 0.717) is 6.04 Å². The molecule has 0 aliphatic heterocycles. The predicted molar refractivity (Wildman–Crippen MR) is 75.6 cm³/mol. The van der Waals surface area contributed by atoms with E-state index < -0.39 is 0 Å². The zero-order valence-electron chi connectivity index (χ0n) is 10.4. The lowest BCUT2D eigenvalue weighted by atomic mass is 10.1. The van der Waals surface area contributed by atoms with E-state index in [1.807, 2.05) is 11.3 Å². The quantitative estimate of drug-likeness (QED) is 0.841. The Balaban J connectivity index is 1.79. The van der Waals surface area contributed by atoms with Crippen LogP contribution in [0, 0.1) is 6.92 Å². The maximum absolute atomic E-state index is 3.57. The van der Waals surface area contributed by atoms with E-state index >= 15 is 0 Å². The van der Waals surface area contributed by atoms with Crippen molar-refractivity contribution in [2.75, 3.05) is 6.54 Å². The first-order chi connectivity index (χ1) is 8.25. The third-order valence-corrected chi connectivity index (χ3v) is 4.08. The molecule has 2 aromatic rings. The monoisotopic (exact) mass is 245 g/mol.